The van der Waals surface area contributed by atoms with E-state index in [-0.39, 0.29) is 29.9 Å². The Morgan fingerprint density at radius 2 is 1.78 bits per heavy atom. The minimum Gasteiger partial charge on any atom is -0.507 e. The third kappa shape index (κ3) is 5.45. The molecule has 0 aliphatic heterocycles. The highest BCUT2D eigenvalue weighted by molar-refractivity contribution is 6.32. The first kappa shape index (κ1) is 20.7. The first-order valence-corrected chi connectivity index (χ1v) is 8.79. The quantitative estimate of drug-likeness (QED) is 0.607. The van der Waals surface area contributed by atoms with Crippen LogP contribution in [0.2, 0.25) is 10.0 Å². The first-order chi connectivity index (χ1) is 12.7. The Balaban J connectivity index is 2.64. The van der Waals surface area contributed by atoms with Gasteiger partial charge in [-0.25, -0.2) is 4.79 Å². The van der Waals surface area contributed by atoms with Gasteiger partial charge in [0.05, 0.1) is 5.71 Å². The number of nitrogens with two attached hydrogens (primary N) is 1. The molecule has 0 radical (unpaired) electrons. The van der Waals surface area contributed by atoms with Gasteiger partial charge in [-0.3, -0.25) is 9.79 Å². The minimum absolute atomic E-state index is 0.0628. The summed E-state index contributed by atoms with van der Waals surface area (Å²) in [5, 5.41) is 20.8. The van der Waals surface area contributed by atoms with Gasteiger partial charge < -0.3 is 15.9 Å². The smallest absolute Gasteiger partial charge is 0.328 e. The van der Waals surface area contributed by atoms with E-state index in [0.29, 0.717) is 21.2 Å². The number of aromatic hydroxyl groups is 1. The summed E-state index contributed by atoms with van der Waals surface area (Å²) in [4.78, 5) is 27.0. The van der Waals surface area contributed by atoms with Crippen LogP contribution < -0.4 is 5.73 Å². The van der Waals surface area contributed by atoms with Crippen LogP contribution in [0, 0.1) is 6.92 Å². The Kier molecular flexibility index (Phi) is 6.82. The van der Waals surface area contributed by atoms with Gasteiger partial charge in [-0.15, -0.1) is 0 Å². The number of phenols is 1. The van der Waals surface area contributed by atoms with Gasteiger partial charge in [0.25, 0.3) is 0 Å². The van der Waals surface area contributed by atoms with E-state index < -0.39 is 17.9 Å². The molecular formula is C19H18Cl2N2O4. The summed E-state index contributed by atoms with van der Waals surface area (Å²) in [5.74, 6) is -1.89. The summed E-state index contributed by atoms with van der Waals surface area (Å²) in [7, 11) is 0. The lowest BCUT2D eigenvalue weighted by Crippen LogP contribution is -2.23. The average molecular weight is 409 g/mol. The molecule has 1 unspecified atom stereocenters. The molecule has 8 heteroatoms. The van der Waals surface area contributed by atoms with Gasteiger partial charge in [0, 0.05) is 27.6 Å². The molecule has 2 aromatic rings. The Morgan fingerprint density at radius 1 is 1.15 bits per heavy atom. The molecule has 0 bridgehead atoms. The number of amides is 1. The van der Waals surface area contributed by atoms with Crippen molar-refractivity contribution in [1.82, 2.24) is 0 Å². The summed E-state index contributed by atoms with van der Waals surface area (Å²) in [6.07, 6.45) is -0.197. The minimum atomic E-state index is -1.22. The Bertz CT molecular complexity index is 895. The number of nitrogens with zero attached hydrogens (tertiary/aromatic N) is 1. The number of carbonyl (C=O) groups is 2. The second kappa shape index (κ2) is 8.88. The van der Waals surface area contributed by atoms with Crippen LogP contribution in [0.15, 0.2) is 41.4 Å². The molecule has 2 rings (SSSR count). The molecule has 6 nitrogen and oxygen atoms in total. The van der Waals surface area contributed by atoms with Gasteiger partial charge in [0.2, 0.25) is 5.91 Å². The van der Waals surface area contributed by atoms with Crippen LogP contribution >= 0.6 is 23.2 Å². The predicted molar refractivity (Wildman–Crippen MR) is 105 cm³/mol. The van der Waals surface area contributed by atoms with Crippen molar-refractivity contribution in [2.75, 3.05) is 0 Å². The van der Waals surface area contributed by atoms with Gasteiger partial charge in [-0.1, -0.05) is 35.3 Å². The zero-order chi connectivity index (χ0) is 20.1. The maximum atomic E-state index is 11.6. The zero-order valence-electron chi connectivity index (χ0n) is 14.4. The largest absolute Gasteiger partial charge is 0.507 e. The van der Waals surface area contributed by atoms with Gasteiger partial charge in [0.15, 0.2) is 0 Å². The fraction of sp³-hybridized carbons (Fsp3) is 0.211. The average Bonchev–Trinajstić information content (AvgIpc) is 2.59. The molecule has 0 heterocycles. The molecule has 0 spiro atoms. The van der Waals surface area contributed by atoms with E-state index in [0.717, 1.165) is 0 Å². The number of rotatable bonds is 7. The lowest BCUT2D eigenvalue weighted by molar-refractivity contribution is -0.138. The number of carboxylic acid groups (broad SMARTS) is 1. The van der Waals surface area contributed by atoms with Crippen molar-refractivity contribution in [1.29, 1.82) is 0 Å². The number of hydrogen-bond donors (Lipinski definition) is 3. The van der Waals surface area contributed by atoms with Crippen LogP contribution in [-0.2, 0) is 9.59 Å². The predicted octanol–water partition coefficient (Wildman–Crippen LogP) is 3.56. The lowest BCUT2D eigenvalue weighted by atomic mass is 9.98. The summed E-state index contributed by atoms with van der Waals surface area (Å²) < 4.78 is 0. The van der Waals surface area contributed by atoms with E-state index in [2.05, 4.69) is 4.99 Å². The maximum absolute atomic E-state index is 11.6. The van der Waals surface area contributed by atoms with Crippen LogP contribution in [0.25, 0.3) is 0 Å². The fourth-order valence-electron chi connectivity index (χ4n) is 2.50. The fourth-order valence-corrected chi connectivity index (χ4v) is 2.90. The molecule has 1 amide bonds. The highest BCUT2D eigenvalue weighted by atomic mass is 35.5. The summed E-state index contributed by atoms with van der Waals surface area (Å²) in [6.45, 7) is 1.67. The molecule has 0 aliphatic carbocycles. The number of halogens is 2. The zero-order valence-corrected chi connectivity index (χ0v) is 16.0. The molecule has 0 aromatic heterocycles. The number of carbonyl (C=O) groups excluding carboxylic acids is 1. The van der Waals surface area contributed by atoms with Crippen molar-refractivity contribution in [3.05, 3.63) is 63.1 Å². The summed E-state index contributed by atoms with van der Waals surface area (Å²) in [5.41, 5.74) is 6.70. The van der Waals surface area contributed by atoms with E-state index in [4.69, 9.17) is 28.9 Å². The Hall–Kier alpha value is -2.57. The van der Waals surface area contributed by atoms with Crippen LogP contribution in [0.1, 0.15) is 29.5 Å². The molecule has 0 aliphatic rings. The molecule has 0 saturated heterocycles. The molecule has 142 valence electrons. The lowest BCUT2D eigenvalue weighted by Gasteiger charge is -2.15. The van der Waals surface area contributed by atoms with Crippen molar-refractivity contribution >= 4 is 40.8 Å². The molecule has 0 fully saturated rings. The number of carboxylic acids is 1. The number of aliphatic imine (C=N–C) groups is 1. The van der Waals surface area contributed by atoms with Crippen LogP contribution in [0.5, 0.6) is 5.75 Å². The third-order valence-electron chi connectivity index (χ3n) is 3.87. The Morgan fingerprint density at radius 3 is 2.33 bits per heavy atom. The van der Waals surface area contributed by atoms with E-state index in [1.54, 1.807) is 37.3 Å². The van der Waals surface area contributed by atoms with Crippen molar-refractivity contribution in [2.45, 2.75) is 25.8 Å². The third-order valence-corrected chi connectivity index (χ3v) is 4.34. The number of primary amides is 1. The number of aliphatic carboxylic acids is 1. The monoisotopic (exact) mass is 408 g/mol. The van der Waals surface area contributed by atoms with Gasteiger partial charge in [-0.05, 0) is 43.2 Å². The maximum Gasteiger partial charge on any atom is 0.328 e. The number of aryl methyl sites for hydroxylation is 1. The Labute approximate surface area is 166 Å². The highest BCUT2D eigenvalue weighted by Crippen LogP contribution is 2.30. The second-order valence-corrected chi connectivity index (χ2v) is 6.84. The van der Waals surface area contributed by atoms with Crippen molar-refractivity contribution in [3.63, 3.8) is 0 Å². The number of benzene rings is 2. The highest BCUT2D eigenvalue weighted by Gasteiger charge is 2.22. The van der Waals surface area contributed by atoms with Crippen molar-refractivity contribution < 1.29 is 19.8 Å². The van der Waals surface area contributed by atoms with Gasteiger partial charge in [-0.2, -0.15) is 0 Å². The summed E-state index contributed by atoms with van der Waals surface area (Å²) >= 11 is 12.0. The van der Waals surface area contributed by atoms with Crippen LogP contribution in [-0.4, -0.2) is 33.8 Å². The number of phenolic OH excluding ortho intramolecular Hbond substituents is 1. The van der Waals surface area contributed by atoms with E-state index in [1.807, 2.05) is 0 Å². The standard InChI is InChI=1S/C19H18Cl2N2O4/c1-10-8-13(21)9-14(18(10)25)17(11-2-4-12(20)5-3-11)23-15(19(26)27)6-7-16(22)24/h2-5,8-9,15,25H,6-7H2,1H3,(H2,22,24)(H,26,27). The molecular weight excluding hydrogens is 391 g/mol. The molecule has 1 atom stereocenters. The van der Waals surface area contributed by atoms with Crippen molar-refractivity contribution in [3.8, 4) is 5.75 Å². The number of hydrogen-bond acceptors (Lipinski definition) is 4. The van der Waals surface area contributed by atoms with Crippen LogP contribution in [0.3, 0.4) is 0 Å². The van der Waals surface area contributed by atoms with Gasteiger partial charge >= 0.3 is 5.97 Å². The van der Waals surface area contributed by atoms with Crippen LogP contribution in [0.4, 0.5) is 0 Å². The molecule has 4 N–H and O–H groups in total. The van der Waals surface area contributed by atoms with Gasteiger partial charge in [0.1, 0.15) is 11.8 Å². The van der Waals surface area contributed by atoms with E-state index in [9.17, 15) is 19.8 Å². The molecule has 27 heavy (non-hydrogen) atoms. The second-order valence-electron chi connectivity index (χ2n) is 5.96. The van der Waals surface area contributed by atoms with Crippen molar-refractivity contribution in [2.24, 2.45) is 10.7 Å². The molecule has 0 saturated carbocycles. The topological polar surface area (TPSA) is 113 Å². The molecule has 2 aromatic carbocycles. The SMILES string of the molecule is Cc1cc(Cl)cc(C(=NC(CCC(N)=O)C(=O)O)c2ccc(Cl)cc2)c1O. The normalized spacial score (nSPS) is 12.6. The summed E-state index contributed by atoms with van der Waals surface area (Å²) in [6, 6.07) is 8.43. The first-order valence-electron chi connectivity index (χ1n) is 8.03. The van der Waals surface area contributed by atoms with E-state index >= 15 is 0 Å². The van der Waals surface area contributed by atoms with E-state index in [1.165, 1.54) is 6.07 Å².